The SMILES string of the molecule is CNCCCNC(=O)Cn1ccccc1=O. The Bertz CT molecular complexity index is 387. The van der Waals surface area contributed by atoms with Gasteiger partial charge >= 0.3 is 0 Å². The van der Waals surface area contributed by atoms with Crippen LogP contribution in [0, 0.1) is 0 Å². The van der Waals surface area contributed by atoms with Gasteiger partial charge in [0, 0.05) is 18.8 Å². The molecular formula is C11H17N3O2. The number of carbonyl (C=O) groups is 1. The van der Waals surface area contributed by atoms with Crippen molar-refractivity contribution in [2.75, 3.05) is 20.1 Å². The van der Waals surface area contributed by atoms with Crippen molar-refractivity contribution in [2.45, 2.75) is 13.0 Å². The lowest BCUT2D eigenvalue weighted by atomic mass is 10.4. The highest BCUT2D eigenvalue weighted by atomic mass is 16.2. The van der Waals surface area contributed by atoms with Crippen LogP contribution in [-0.2, 0) is 11.3 Å². The predicted octanol–water partition coefficient (Wildman–Crippen LogP) is -0.426. The monoisotopic (exact) mass is 223 g/mol. The molecule has 0 spiro atoms. The van der Waals surface area contributed by atoms with Crippen LogP contribution in [0.5, 0.6) is 0 Å². The quantitative estimate of drug-likeness (QED) is 0.643. The van der Waals surface area contributed by atoms with Crippen molar-refractivity contribution < 1.29 is 4.79 Å². The van der Waals surface area contributed by atoms with Crippen LogP contribution >= 0.6 is 0 Å². The van der Waals surface area contributed by atoms with Crippen LogP contribution in [0.1, 0.15) is 6.42 Å². The fourth-order valence-electron chi connectivity index (χ4n) is 1.29. The van der Waals surface area contributed by atoms with Crippen LogP contribution in [-0.4, -0.2) is 30.6 Å². The van der Waals surface area contributed by atoms with Gasteiger partial charge in [0.05, 0.1) is 0 Å². The Morgan fingerprint density at radius 3 is 2.88 bits per heavy atom. The fraction of sp³-hybridized carbons (Fsp3) is 0.455. The summed E-state index contributed by atoms with van der Waals surface area (Å²) in [6.07, 6.45) is 2.49. The average Bonchev–Trinajstić information content (AvgIpc) is 2.28. The van der Waals surface area contributed by atoms with Crippen molar-refractivity contribution in [1.29, 1.82) is 0 Å². The molecule has 0 aromatic carbocycles. The molecular weight excluding hydrogens is 206 g/mol. The molecule has 0 aliphatic rings. The third kappa shape index (κ3) is 4.27. The number of nitrogens with zero attached hydrogens (tertiary/aromatic N) is 1. The molecule has 1 amide bonds. The van der Waals surface area contributed by atoms with E-state index in [0.29, 0.717) is 6.54 Å². The highest BCUT2D eigenvalue weighted by Gasteiger charge is 2.02. The highest BCUT2D eigenvalue weighted by Crippen LogP contribution is 1.82. The number of amides is 1. The van der Waals surface area contributed by atoms with E-state index in [-0.39, 0.29) is 18.0 Å². The predicted molar refractivity (Wildman–Crippen MR) is 62.3 cm³/mol. The van der Waals surface area contributed by atoms with Gasteiger partial charge in [-0.15, -0.1) is 0 Å². The Balaban J connectivity index is 2.35. The molecule has 2 N–H and O–H groups in total. The smallest absolute Gasteiger partial charge is 0.250 e. The van der Waals surface area contributed by atoms with E-state index in [1.807, 2.05) is 7.05 Å². The zero-order valence-electron chi connectivity index (χ0n) is 9.40. The molecule has 88 valence electrons. The second kappa shape index (κ2) is 6.79. The molecule has 16 heavy (non-hydrogen) atoms. The molecule has 0 aliphatic heterocycles. The standard InChI is InChI=1S/C11H17N3O2/c1-12-6-4-7-13-10(15)9-14-8-3-2-5-11(14)16/h2-3,5,8,12H,4,6-7,9H2,1H3,(H,13,15). The summed E-state index contributed by atoms with van der Waals surface area (Å²) in [5, 5.41) is 5.75. The molecule has 1 aromatic heterocycles. The molecule has 0 atom stereocenters. The second-order valence-electron chi connectivity index (χ2n) is 3.47. The number of pyridine rings is 1. The first-order chi connectivity index (χ1) is 7.74. The van der Waals surface area contributed by atoms with Gasteiger partial charge in [0.1, 0.15) is 6.54 Å². The second-order valence-corrected chi connectivity index (χ2v) is 3.47. The summed E-state index contributed by atoms with van der Waals surface area (Å²) < 4.78 is 1.38. The summed E-state index contributed by atoms with van der Waals surface area (Å²) in [7, 11) is 1.87. The van der Waals surface area contributed by atoms with Gasteiger partial charge in [-0.05, 0) is 26.1 Å². The van der Waals surface area contributed by atoms with Crippen molar-refractivity contribution >= 4 is 5.91 Å². The minimum atomic E-state index is -0.159. The summed E-state index contributed by atoms with van der Waals surface area (Å²) in [5.74, 6) is -0.135. The van der Waals surface area contributed by atoms with Crippen molar-refractivity contribution in [3.8, 4) is 0 Å². The Morgan fingerprint density at radius 1 is 1.38 bits per heavy atom. The van der Waals surface area contributed by atoms with Gasteiger partial charge in [-0.25, -0.2) is 0 Å². The summed E-state index contributed by atoms with van der Waals surface area (Å²) in [4.78, 5) is 22.7. The highest BCUT2D eigenvalue weighted by molar-refractivity contribution is 5.75. The normalized spacial score (nSPS) is 10.1. The van der Waals surface area contributed by atoms with Crippen LogP contribution in [0.2, 0.25) is 0 Å². The maximum atomic E-state index is 11.4. The molecule has 0 saturated heterocycles. The first kappa shape index (κ1) is 12.4. The summed E-state index contributed by atoms with van der Waals surface area (Å²) in [5.41, 5.74) is -0.159. The number of nitrogens with one attached hydrogen (secondary N) is 2. The first-order valence-corrected chi connectivity index (χ1v) is 5.31. The number of rotatable bonds is 6. The van der Waals surface area contributed by atoms with Gasteiger partial charge in [-0.3, -0.25) is 9.59 Å². The minimum Gasteiger partial charge on any atom is -0.355 e. The van der Waals surface area contributed by atoms with E-state index in [1.165, 1.54) is 10.6 Å². The third-order valence-electron chi connectivity index (χ3n) is 2.14. The molecule has 1 heterocycles. The molecule has 0 fully saturated rings. The Hall–Kier alpha value is -1.62. The number of hydrogen-bond donors (Lipinski definition) is 2. The zero-order valence-corrected chi connectivity index (χ0v) is 9.40. The average molecular weight is 223 g/mol. The van der Waals surface area contributed by atoms with Crippen LogP contribution in [0.4, 0.5) is 0 Å². The van der Waals surface area contributed by atoms with Gasteiger partial charge in [-0.1, -0.05) is 6.07 Å². The van der Waals surface area contributed by atoms with E-state index in [2.05, 4.69) is 10.6 Å². The van der Waals surface area contributed by atoms with Gasteiger partial charge < -0.3 is 15.2 Å². The summed E-state index contributed by atoms with van der Waals surface area (Å²) in [6.45, 7) is 1.58. The largest absolute Gasteiger partial charge is 0.355 e. The molecule has 0 unspecified atom stereocenters. The molecule has 0 radical (unpaired) electrons. The maximum absolute atomic E-state index is 11.4. The number of carbonyl (C=O) groups excluding carboxylic acids is 1. The summed E-state index contributed by atoms with van der Waals surface area (Å²) >= 11 is 0. The van der Waals surface area contributed by atoms with E-state index in [9.17, 15) is 9.59 Å². The topological polar surface area (TPSA) is 63.1 Å². The van der Waals surface area contributed by atoms with Gasteiger partial charge in [0.15, 0.2) is 0 Å². The molecule has 0 saturated carbocycles. The molecule has 1 aromatic rings. The lowest BCUT2D eigenvalue weighted by Gasteiger charge is -2.06. The Morgan fingerprint density at radius 2 is 2.19 bits per heavy atom. The fourth-order valence-corrected chi connectivity index (χ4v) is 1.29. The number of hydrogen-bond acceptors (Lipinski definition) is 3. The molecule has 0 bridgehead atoms. The molecule has 0 aliphatic carbocycles. The van der Waals surface area contributed by atoms with Crippen LogP contribution in [0.15, 0.2) is 29.2 Å². The van der Waals surface area contributed by atoms with Crippen LogP contribution < -0.4 is 16.2 Å². The lowest BCUT2D eigenvalue weighted by Crippen LogP contribution is -2.33. The third-order valence-corrected chi connectivity index (χ3v) is 2.14. The van der Waals surface area contributed by atoms with Crippen molar-refractivity contribution in [1.82, 2.24) is 15.2 Å². The van der Waals surface area contributed by atoms with Crippen LogP contribution in [0.25, 0.3) is 0 Å². The molecule has 1 rings (SSSR count). The lowest BCUT2D eigenvalue weighted by molar-refractivity contribution is -0.121. The van der Waals surface area contributed by atoms with Crippen LogP contribution in [0.3, 0.4) is 0 Å². The Kier molecular flexibility index (Phi) is 5.28. The van der Waals surface area contributed by atoms with Gasteiger partial charge in [-0.2, -0.15) is 0 Å². The van der Waals surface area contributed by atoms with Gasteiger partial charge in [0.25, 0.3) is 5.56 Å². The van der Waals surface area contributed by atoms with E-state index >= 15 is 0 Å². The Labute approximate surface area is 94.5 Å². The van der Waals surface area contributed by atoms with E-state index in [0.717, 1.165) is 13.0 Å². The van der Waals surface area contributed by atoms with E-state index < -0.39 is 0 Å². The van der Waals surface area contributed by atoms with E-state index in [4.69, 9.17) is 0 Å². The van der Waals surface area contributed by atoms with Crippen molar-refractivity contribution in [3.63, 3.8) is 0 Å². The minimum absolute atomic E-state index is 0.0826. The molecule has 5 nitrogen and oxygen atoms in total. The zero-order chi connectivity index (χ0) is 11.8. The maximum Gasteiger partial charge on any atom is 0.250 e. The van der Waals surface area contributed by atoms with Crippen molar-refractivity contribution in [2.24, 2.45) is 0 Å². The summed E-state index contributed by atoms with van der Waals surface area (Å²) in [6, 6.07) is 4.83. The van der Waals surface area contributed by atoms with Crippen molar-refractivity contribution in [3.05, 3.63) is 34.7 Å². The number of aromatic nitrogens is 1. The van der Waals surface area contributed by atoms with E-state index in [1.54, 1.807) is 18.3 Å². The molecule has 5 heteroatoms. The first-order valence-electron chi connectivity index (χ1n) is 5.31. The van der Waals surface area contributed by atoms with Gasteiger partial charge in [0.2, 0.25) is 5.91 Å².